The molecule has 0 fully saturated rings. The van der Waals surface area contributed by atoms with Gasteiger partial charge in [0.2, 0.25) is 0 Å². The third-order valence-electron chi connectivity index (χ3n) is 2.64. The molecule has 0 unspecified atom stereocenters. The molecule has 0 saturated heterocycles. The number of quaternary nitrogens is 1. The van der Waals surface area contributed by atoms with Crippen LogP contribution in [0.2, 0.25) is 0 Å². The lowest BCUT2D eigenvalue weighted by Crippen LogP contribution is -2.53. The van der Waals surface area contributed by atoms with E-state index < -0.39 is 0 Å². The summed E-state index contributed by atoms with van der Waals surface area (Å²) in [6.07, 6.45) is 0. The molecule has 0 saturated carbocycles. The second kappa shape index (κ2) is 3.94. The van der Waals surface area contributed by atoms with Crippen molar-refractivity contribution < 1.29 is 9.59 Å². The molecule has 0 radical (unpaired) electrons. The summed E-state index contributed by atoms with van der Waals surface area (Å²) in [6, 6.07) is 0.528. The fraction of sp³-hybridized carbons (Fsp3) is 1.00. The van der Waals surface area contributed by atoms with Crippen molar-refractivity contribution in [2.75, 3.05) is 19.8 Å². The summed E-state index contributed by atoms with van der Waals surface area (Å²) in [5.74, 6) is 0. The summed E-state index contributed by atoms with van der Waals surface area (Å²) in [7, 11) is 0. The van der Waals surface area contributed by atoms with Crippen LogP contribution >= 0.6 is 0 Å². The molecule has 0 aromatic heterocycles. The number of aliphatic hydroxyl groups excluding tert-OH is 1. The van der Waals surface area contributed by atoms with Crippen LogP contribution in [0.25, 0.3) is 0 Å². The van der Waals surface area contributed by atoms with Crippen LogP contribution in [-0.2, 0) is 0 Å². The molecule has 0 amide bonds. The Morgan fingerprint density at radius 3 is 1.60 bits per heavy atom. The number of aliphatic hydroxyl groups is 1. The van der Waals surface area contributed by atoms with Crippen LogP contribution in [-0.4, -0.2) is 35.5 Å². The van der Waals surface area contributed by atoms with E-state index >= 15 is 0 Å². The summed E-state index contributed by atoms with van der Waals surface area (Å²) in [6.45, 7) is 10.9. The molecule has 0 aromatic rings. The zero-order valence-electron chi connectivity index (χ0n) is 7.59. The van der Waals surface area contributed by atoms with Gasteiger partial charge in [0, 0.05) is 0 Å². The van der Waals surface area contributed by atoms with Crippen molar-refractivity contribution in [1.82, 2.24) is 0 Å². The first-order chi connectivity index (χ1) is 4.63. The molecule has 62 valence electrons. The van der Waals surface area contributed by atoms with Gasteiger partial charge in [-0.1, -0.05) is 0 Å². The Morgan fingerprint density at radius 2 is 1.60 bits per heavy atom. The van der Waals surface area contributed by atoms with Gasteiger partial charge in [-0.15, -0.1) is 0 Å². The van der Waals surface area contributed by atoms with Gasteiger partial charge >= 0.3 is 0 Å². The highest BCUT2D eigenvalue weighted by Gasteiger charge is 2.25. The van der Waals surface area contributed by atoms with Gasteiger partial charge in [-0.2, -0.15) is 0 Å². The average molecular weight is 146 g/mol. The Bertz CT molecular complexity index is 79.0. The zero-order valence-corrected chi connectivity index (χ0v) is 7.59. The number of hydrogen-bond acceptors (Lipinski definition) is 1. The summed E-state index contributed by atoms with van der Waals surface area (Å²) in [5.41, 5.74) is 0. The van der Waals surface area contributed by atoms with Crippen LogP contribution in [0.15, 0.2) is 0 Å². The molecule has 0 aromatic carbocycles. The lowest BCUT2D eigenvalue weighted by Gasteiger charge is -2.38. The first-order valence-electron chi connectivity index (χ1n) is 4.09. The van der Waals surface area contributed by atoms with Crippen LogP contribution in [0.4, 0.5) is 0 Å². The predicted octanol–water partition coefficient (Wildman–Crippen LogP) is 1.20. The largest absolute Gasteiger partial charge is 0.347 e. The molecule has 0 heterocycles. The van der Waals surface area contributed by atoms with Gasteiger partial charge < -0.3 is 5.11 Å². The quantitative estimate of drug-likeness (QED) is 0.467. The van der Waals surface area contributed by atoms with Gasteiger partial charge in [-0.05, 0) is 27.7 Å². The number of rotatable bonds is 4. The maximum atomic E-state index is 9.12. The van der Waals surface area contributed by atoms with Crippen LogP contribution in [0.5, 0.6) is 0 Å². The molecular weight excluding hydrogens is 126 g/mol. The zero-order chi connectivity index (χ0) is 8.20. The third-order valence-corrected chi connectivity index (χ3v) is 2.64. The van der Waals surface area contributed by atoms with Crippen LogP contribution in [0.3, 0.4) is 0 Å². The Kier molecular flexibility index (Phi) is 3.91. The van der Waals surface area contributed by atoms with Gasteiger partial charge in [-0.3, -0.25) is 4.48 Å². The van der Waals surface area contributed by atoms with E-state index in [0.29, 0.717) is 6.04 Å². The van der Waals surface area contributed by atoms with Crippen molar-refractivity contribution in [2.45, 2.75) is 33.7 Å². The molecule has 2 nitrogen and oxygen atoms in total. The second-order valence-corrected chi connectivity index (χ2v) is 3.09. The minimum Gasteiger partial charge on any atom is -0.347 e. The lowest BCUT2D eigenvalue weighted by atomic mass is 10.2. The molecule has 10 heavy (non-hydrogen) atoms. The molecule has 1 N–H and O–H groups in total. The smallest absolute Gasteiger partial charge is 0.180 e. The molecule has 0 aliphatic heterocycles. The van der Waals surface area contributed by atoms with Crippen LogP contribution < -0.4 is 0 Å². The fourth-order valence-corrected chi connectivity index (χ4v) is 1.32. The molecular formula is C8H20NO+. The third kappa shape index (κ3) is 1.70. The van der Waals surface area contributed by atoms with E-state index in [1.54, 1.807) is 0 Å². The first-order valence-corrected chi connectivity index (χ1v) is 4.09. The van der Waals surface area contributed by atoms with E-state index in [1.807, 2.05) is 0 Å². The Hall–Kier alpha value is -0.0800. The highest BCUT2D eigenvalue weighted by molar-refractivity contribution is 4.41. The van der Waals surface area contributed by atoms with Crippen LogP contribution in [0, 0.1) is 0 Å². The van der Waals surface area contributed by atoms with E-state index in [9.17, 15) is 0 Å². The van der Waals surface area contributed by atoms with Gasteiger partial charge in [0.05, 0.1) is 19.1 Å². The monoisotopic (exact) mass is 146 g/mol. The average Bonchev–Trinajstić information content (AvgIpc) is 1.92. The molecule has 0 bridgehead atoms. The minimum absolute atomic E-state index is 0.269. The van der Waals surface area contributed by atoms with E-state index in [-0.39, 0.29) is 6.73 Å². The molecule has 0 atom stereocenters. The van der Waals surface area contributed by atoms with E-state index in [0.717, 1.165) is 17.6 Å². The standard InChI is InChI=1S/C8H20NO/c1-5-9(6-2,7-10)8(3)4/h8,10H,5-7H2,1-4H3/q+1. The van der Waals surface area contributed by atoms with Crippen LogP contribution in [0.1, 0.15) is 27.7 Å². The summed E-state index contributed by atoms with van der Waals surface area (Å²) >= 11 is 0. The second-order valence-electron chi connectivity index (χ2n) is 3.09. The number of hydrogen-bond donors (Lipinski definition) is 1. The van der Waals surface area contributed by atoms with Crippen molar-refractivity contribution in [1.29, 1.82) is 0 Å². The number of nitrogens with zero attached hydrogens (tertiary/aromatic N) is 1. The van der Waals surface area contributed by atoms with Crippen molar-refractivity contribution in [3.05, 3.63) is 0 Å². The molecule has 0 rings (SSSR count). The summed E-state index contributed by atoms with van der Waals surface area (Å²) in [4.78, 5) is 0. The maximum Gasteiger partial charge on any atom is 0.180 e. The van der Waals surface area contributed by atoms with E-state index in [2.05, 4.69) is 27.7 Å². The van der Waals surface area contributed by atoms with Gasteiger partial charge in [0.15, 0.2) is 6.73 Å². The lowest BCUT2D eigenvalue weighted by molar-refractivity contribution is -0.960. The van der Waals surface area contributed by atoms with Gasteiger partial charge in [0.25, 0.3) is 0 Å². The topological polar surface area (TPSA) is 20.2 Å². The predicted molar refractivity (Wildman–Crippen MR) is 43.6 cm³/mol. The van der Waals surface area contributed by atoms with Crippen molar-refractivity contribution in [3.63, 3.8) is 0 Å². The molecule has 0 aliphatic carbocycles. The minimum atomic E-state index is 0.269. The Labute approximate surface area is 64.1 Å². The fourth-order valence-electron chi connectivity index (χ4n) is 1.32. The molecule has 0 aliphatic rings. The first kappa shape index (κ1) is 9.92. The Morgan fingerprint density at radius 1 is 1.20 bits per heavy atom. The van der Waals surface area contributed by atoms with Gasteiger partial charge in [-0.25, -0.2) is 0 Å². The SMILES string of the molecule is CC[N+](CC)(CO)C(C)C. The normalized spacial score (nSPS) is 12.6. The van der Waals surface area contributed by atoms with E-state index in [4.69, 9.17) is 5.11 Å². The highest BCUT2D eigenvalue weighted by Crippen LogP contribution is 2.10. The van der Waals surface area contributed by atoms with Crippen molar-refractivity contribution in [3.8, 4) is 0 Å². The van der Waals surface area contributed by atoms with E-state index in [1.165, 1.54) is 0 Å². The van der Waals surface area contributed by atoms with Gasteiger partial charge in [0.1, 0.15) is 0 Å². The maximum absolute atomic E-state index is 9.12. The molecule has 0 spiro atoms. The van der Waals surface area contributed by atoms with Crippen molar-refractivity contribution >= 4 is 0 Å². The van der Waals surface area contributed by atoms with Crippen molar-refractivity contribution in [2.24, 2.45) is 0 Å². The Balaban J connectivity index is 4.15. The molecule has 2 heteroatoms. The summed E-state index contributed by atoms with van der Waals surface area (Å²) in [5, 5.41) is 9.12. The highest BCUT2D eigenvalue weighted by atomic mass is 16.3. The summed E-state index contributed by atoms with van der Waals surface area (Å²) < 4.78 is 0.819.